The molecule has 2 atom stereocenters. The second-order valence-corrected chi connectivity index (χ2v) is 7.91. The number of nitrogens with one attached hydrogen (secondary N) is 1. The molecule has 1 heterocycles. The molecule has 0 spiro atoms. The molecule has 1 saturated heterocycles. The van der Waals surface area contributed by atoms with Crippen LogP contribution < -0.4 is 5.32 Å². The van der Waals surface area contributed by atoms with Gasteiger partial charge in [-0.2, -0.15) is 4.31 Å². The first-order chi connectivity index (χ1) is 11.2. The molecule has 1 amide bonds. The molecule has 0 aliphatic carbocycles. The van der Waals surface area contributed by atoms with E-state index >= 15 is 0 Å². The third kappa shape index (κ3) is 3.93. The smallest absolute Gasteiger partial charge is 0.325 e. The standard InChI is InChI=1S/C16H22N2O5S/c1-11-6-3-4-9-18(11)24(22,23)14-8-5-7-13(10-14)15(19)17-12(2)16(20)21/h5,7-8,10-12H,3-4,6,9H2,1-2H3,(H,17,19)(H,20,21). The van der Waals surface area contributed by atoms with Crippen LogP contribution in [0.15, 0.2) is 29.2 Å². The van der Waals surface area contributed by atoms with Crippen molar-refractivity contribution < 1.29 is 23.1 Å². The Morgan fingerprint density at radius 1 is 1.33 bits per heavy atom. The Morgan fingerprint density at radius 2 is 2.04 bits per heavy atom. The summed E-state index contributed by atoms with van der Waals surface area (Å²) >= 11 is 0. The molecule has 1 aliphatic rings. The minimum atomic E-state index is -3.68. The van der Waals surface area contributed by atoms with Crippen molar-refractivity contribution in [3.05, 3.63) is 29.8 Å². The summed E-state index contributed by atoms with van der Waals surface area (Å²) in [4.78, 5) is 23.0. The van der Waals surface area contributed by atoms with E-state index in [1.165, 1.54) is 35.5 Å². The second kappa shape index (κ2) is 7.31. The summed E-state index contributed by atoms with van der Waals surface area (Å²) in [7, 11) is -3.68. The van der Waals surface area contributed by atoms with Gasteiger partial charge < -0.3 is 10.4 Å². The first kappa shape index (κ1) is 18.4. The molecule has 0 bridgehead atoms. The highest BCUT2D eigenvalue weighted by Gasteiger charge is 2.31. The van der Waals surface area contributed by atoms with Gasteiger partial charge in [-0.3, -0.25) is 9.59 Å². The third-order valence-corrected chi connectivity index (χ3v) is 6.17. The van der Waals surface area contributed by atoms with Crippen molar-refractivity contribution in [3.63, 3.8) is 0 Å². The van der Waals surface area contributed by atoms with Crippen LogP contribution in [-0.4, -0.2) is 48.3 Å². The maximum Gasteiger partial charge on any atom is 0.325 e. The predicted octanol–water partition coefficient (Wildman–Crippen LogP) is 1.45. The van der Waals surface area contributed by atoms with Crippen molar-refractivity contribution in [2.45, 2.75) is 50.1 Å². The zero-order chi connectivity index (χ0) is 17.9. The number of rotatable bonds is 5. The largest absolute Gasteiger partial charge is 0.480 e. The fourth-order valence-corrected chi connectivity index (χ4v) is 4.45. The summed E-state index contributed by atoms with van der Waals surface area (Å²) in [6.07, 6.45) is 2.64. The van der Waals surface area contributed by atoms with Crippen LogP contribution in [0, 0.1) is 0 Å². The number of carboxylic acids is 1. The van der Waals surface area contributed by atoms with E-state index in [4.69, 9.17) is 5.11 Å². The van der Waals surface area contributed by atoms with Gasteiger partial charge >= 0.3 is 5.97 Å². The third-order valence-electron chi connectivity index (χ3n) is 4.16. The van der Waals surface area contributed by atoms with Gasteiger partial charge in [-0.25, -0.2) is 8.42 Å². The highest BCUT2D eigenvalue weighted by molar-refractivity contribution is 7.89. The maximum atomic E-state index is 12.8. The van der Waals surface area contributed by atoms with Gasteiger partial charge in [0, 0.05) is 18.2 Å². The lowest BCUT2D eigenvalue weighted by atomic mass is 10.1. The van der Waals surface area contributed by atoms with E-state index in [-0.39, 0.29) is 16.5 Å². The minimum absolute atomic E-state index is 0.0480. The van der Waals surface area contributed by atoms with Gasteiger partial charge in [0.25, 0.3) is 5.91 Å². The molecule has 8 heteroatoms. The van der Waals surface area contributed by atoms with Gasteiger partial charge in [0.05, 0.1) is 4.90 Å². The lowest BCUT2D eigenvalue weighted by molar-refractivity contribution is -0.138. The second-order valence-electron chi connectivity index (χ2n) is 6.02. The quantitative estimate of drug-likeness (QED) is 0.833. The van der Waals surface area contributed by atoms with Gasteiger partial charge in [0.2, 0.25) is 10.0 Å². The van der Waals surface area contributed by atoms with Crippen LogP contribution in [0.2, 0.25) is 0 Å². The van der Waals surface area contributed by atoms with E-state index in [1.54, 1.807) is 0 Å². The molecule has 0 aromatic heterocycles. The minimum Gasteiger partial charge on any atom is -0.480 e. The predicted molar refractivity (Wildman–Crippen MR) is 88.2 cm³/mol. The molecule has 1 fully saturated rings. The first-order valence-corrected chi connectivity index (χ1v) is 9.33. The molecular formula is C16H22N2O5S. The summed E-state index contributed by atoms with van der Waals surface area (Å²) in [5.41, 5.74) is 0.119. The highest BCUT2D eigenvalue weighted by atomic mass is 32.2. The van der Waals surface area contributed by atoms with Gasteiger partial charge in [-0.1, -0.05) is 12.5 Å². The van der Waals surface area contributed by atoms with Crippen molar-refractivity contribution in [3.8, 4) is 0 Å². The molecule has 0 radical (unpaired) electrons. The zero-order valence-corrected chi connectivity index (χ0v) is 14.5. The summed E-state index contributed by atoms with van der Waals surface area (Å²) in [5.74, 6) is -1.78. The molecule has 1 aromatic carbocycles. The molecule has 2 N–H and O–H groups in total. The number of sulfonamides is 1. The zero-order valence-electron chi connectivity index (χ0n) is 13.7. The summed E-state index contributed by atoms with van der Waals surface area (Å²) in [6.45, 7) is 3.69. The van der Waals surface area contributed by atoms with Gasteiger partial charge in [0.1, 0.15) is 6.04 Å². The van der Waals surface area contributed by atoms with Crippen LogP contribution in [0.5, 0.6) is 0 Å². The van der Waals surface area contributed by atoms with Crippen LogP contribution in [0.4, 0.5) is 0 Å². The first-order valence-electron chi connectivity index (χ1n) is 7.89. The van der Waals surface area contributed by atoms with Crippen molar-refractivity contribution in [1.29, 1.82) is 0 Å². The fraction of sp³-hybridized carbons (Fsp3) is 0.500. The van der Waals surface area contributed by atoms with E-state index in [9.17, 15) is 18.0 Å². The van der Waals surface area contributed by atoms with E-state index in [2.05, 4.69) is 5.32 Å². The van der Waals surface area contributed by atoms with Crippen molar-refractivity contribution in [2.75, 3.05) is 6.54 Å². The van der Waals surface area contributed by atoms with Crippen LogP contribution in [0.3, 0.4) is 0 Å². The molecule has 2 unspecified atom stereocenters. The summed E-state index contributed by atoms with van der Waals surface area (Å²) in [6, 6.07) is 4.56. The monoisotopic (exact) mass is 354 g/mol. The van der Waals surface area contributed by atoms with Gasteiger partial charge in [0.15, 0.2) is 0 Å². The van der Waals surface area contributed by atoms with E-state index < -0.39 is 27.9 Å². The number of nitrogens with zero attached hydrogens (tertiary/aromatic N) is 1. The molecule has 0 saturated carbocycles. The van der Waals surface area contributed by atoms with Crippen LogP contribution >= 0.6 is 0 Å². The van der Waals surface area contributed by atoms with Gasteiger partial charge in [-0.05, 0) is 44.9 Å². The normalized spacial score (nSPS) is 20.3. The van der Waals surface area contributed by atoms with Crippen molar-refractivity contribution in [1.82, 2.24) is 9.62 Å². The lowest BCUT2D eigenvalue weighted by Crippen LogP contribution is -2.42. The molecule has 2 rings (SSSR count). The van der Waals surface area contributed by atoms with E-state index in [1.807, 2.05) is 6.92 Å². The number of carbonyl (C=O) groups is 2. The number of carboxylic acid groups (broad SMARTS) is 1. The molecule has 24 heavy (non-hydrogen) atoms. The summed E-state index contributed by atoms with van der Waals surface area (Å²) in [5, 5.41) is 11.2. The number of aliphatic carboxylic acids is 1. The average molecular weight is 354 g/mol. The van der Waals surface area contributed by atoms with E-state index in [0.717, 1.165) is 19.3 Å². The van der Waals surface area contributed by atoms with Crippen molar-refractivity contribution >= 4 is 21.9 Å². The number of hydrogen-bond donors (Lipinski definition) is 2. The Balaban J connectivity index is 2.26. The molecule has 1 aromatic rings. The van der Waals surface area contributed by atoms with Gasteiger partial charge in [-0.15, -0.1) is 0 Å². The fourth-order valence-electron chi connectivity index (χ4n) is 2.70. The Hall–Kier alpha value is -1.93. The Labute approximate surface area is 141 Å². The number of hydrogen-bond acceptors (Lipinski definition) is 4. The number of piperidine rings is 1. The van der Waals surface area contributed by atoms with Crippen molar-refractivity contribution in [2.24, 2.45) is 0 Å². The number of benzene rings is 1. The highest BCUT2D eigenvalue weighted by Crippen LogP contribution is 2.25. The molecular weight excluding hydrogens is 332 g/mol. The van der Waals surface area contributed by atoms with Crippen LogP contribution in [-0.2, 0) is 14.8 Å². The Kier molecular flexibility index (Phi) is 5.61. The number of amides is 1. The van der Waals surface area contributed by atoms with E-state index in [0.29, 0.717) is 6.54 Å². The summed E-state index contributed by atoms with van der Waals surface area (Å²) < 4.78 is 27.1. The molecule has 132 valence electrons. The Morgan fingerprint density at radius 3 is 2.67 bits per heavy atom. The SMILES string of the molecule is CC(NC(=O)c1cccc(S(=O)(=O)N2CCCCC2C)c1)C(=O)O. The topological polar surface area (TPSA) is 104 Å². The lowest BCUT2D eigenvalue weighted by Gasteiger charge is -2.32. The average Bonchev–Trinajstić information content (AvgIpc) is 2.55. The van der Waals surface area contributed by atoms with Crippen LogP contribution in [0.25, 0.3) is 0 Å². The molecule has 7 nitrogen and oxygen atoms in total. The maximum absolute atomic E-state index is 12.8. The Bertz CT molecular complexity index is 732. The molecule has 1 aliphatic heterocycles. The number of carbonyl (C=O) groups excluding carboxylic acids is 1. The van der Waals surface area contributed by atoms with Crippen LogP contribution in [0.1, 0.15) is 43.5 Å².